The summed E-state index contributed by atoms with van der Waals surface area (Å²) in [4.78, 5) is 33.5. The van der Waals surface area contributed by atoms with Gasteiger partial charge in [0.25, 0.3) is 5.91 Å². The number of rotatable bonds is 4. The van der Waals surface area contributed by atoms with Crippen molar-refractivity contribution in [2.45, 2.75) is 64.5 Å². The maximum Gasteiger partial charge on any atom is 0.339 e. The number of piperidine rings is 1. The van der Waals surface area contributed by atoms with E-state index < -0.39 is 5.97 Å². The van der Waals surface area contributed by atoms with Crippen LogP contribution in [0.3, 0.4) is 0 Å². The second kappa shape index (κ2) is 10.1. The first-order valence-electron chi connectivity index (χ1n) is 13.5. The summed E-state index contributed by atoms with van der Waals surface area (Å²) in [5.74, 6) is 0.880. The zero-order chi connectivity index (χ0) is 26.2. The number of esters is 1. The molecular weight excluding hydrogens is 480 g/mol. The van der Waals surface area contributed by atoms with E-state index in [1.807, 2.05) is 47.4 Å². The second-order valence-electron chi connectivity index (χ2n) is 10.5. The Kier molecular flexibility index (Phi) is 6.52. The summed E-state index contributed by atoms with van der Waals surface area (Å²) in [6, 6.07) is 13.8. The van der Waals surface area contributed by atoms with Crippen LogP contribution in [0, 0.1) is 0 Å². The third kappa shape index (κ3) is 4.51. The maximum absolute atomic E-state index is 13.6. The molecule has 0 bridgehead atoms. The highest BCUT2D eigenvalue weighted by molar-refractivity contribution is 6.07. The normalized spacial score (nSPS) is 21.4. The van der Waals surface area contributed by atoms with Crippen molar-refractivity contribution in [3.05, 3.63) is 64.8 Å². The van der Waals surface area contributed by atoms with E-state index in [0.29, 0.717) is 5.56 Å². The molecule has 3 aliphatic rings. The molecule has 1 aromatic heterocycles. The first-order chi connectivity index (χ1) is 18.5. The molecule has 3 heterocycles. The van der Waals surface area contributed by atoms with Crippen molar-refractivity contribution < 1.29 is 23.8 Å². The molecule has 2 aliphatic heterocycles. The second-order valence-corrected chi connectivity index (χ2v) is 10.5. The number of hydrogen-bond donors (Lipinski definition) is 0. The number of likely N-dealkylation sites (tertiary alicyclic amines) is 1. The number of carbonyl (C=O) groups is 2. The topological polar surface area (TPSA) is 78.0 Å². The van der Waals surface area contributed by atoms with Gasteiger partial charge in [-0.25, -0.2) is 9.78 Å². The Labute approximate surface area is 222 Å². The number of para-hydroxylation sites is 1. The number of carbonyl (C=O) groups excluding carboxylic acids is 2. The molecule has 1 amide bonds. The smallest absolute Gasteiger partial charge is 0.339 e. The quantitative estimate of drug-likeness (QED) is 0.412. The van der Waals surface area contributed by atoms with Gasteiger partial charge in [-0.15, -0.1) is 0 Å². The molecule has 2 atom stereocenters. The molecule has 1 aliphatic carbocycles. The molecule has 0 saturated carbocycles. The van der Waals surface area contributed by atoms with E-state index in [2.05, 4.69) is 19.9 Å². The minimum absolute atomic E-state index is 0.131. The van der Waals surface area contributed by atoms with Crippen LogP contribution in [0.4, 0.5) is 0 Å². The Bertz CT molecular complexity index is 1440. The zero-order valence-corrected chi connectivity index (χ0v) is 21.9. The highest BCUT2D eigenvalue weighted by Gasteiger charge is 2.31. The lowest BCUT2D eigenvalue weighted by molar-refractivity contribution is -0.140. The summed E-state index contributed by atoms with van der Waals surface area (Å²) in [5.41, 5.74) is 5.03. The van der Waals surface area contributed by atoms with Crippen molar-refractivity contribution in [1.82, 2.24) is 9.88 Å². The molecule has 0 spiro atoms. The molecule has 0 N–H and O–H groups in total. The van der Waals surface area contributed by atoms with E-state index >= 15 is 0 Å². The summed E-state index contributed by atoms with van der Waals surface area (Å²) in [5, 5.41) is 0.757. The van der Waals surface area contributed by atoms with Crippen LogP contribution in [0.1, 0.15) is 73.1 Å². The average molecular weight is 513 g/mol. The maximum atomic E-state index is 13.6. The minimum atomic E-state index is -0.463. The van der Waals surface area contributed by atoms with E-state index in [1.165, 1.54) is 0 Å². The van der Waals surface area contributed by atoms with Gasteiger partial charge in [0.2, 0.25) is 6.79 Å². The molecule has 7 nitrogen and oxygen atoms in total. The Morgan fingerprint density at radius 3 is 2.66 bits per heavy atom. The van der Waals surface area contributed by atoms with Crippen LogP contribution in [0.15, 0.2) is 42.5 Å². The van der Waals surface area contributed by atoms with Gasteiger partial charge in [0.1, 0.15) is 0 Å². The number of benzene rings is 2. The van der Waals surface area contributed by atoms with Gasteiger partial charge in [-0.05, 0) is 93.3 Å². The Morgan fingerprint density at radius 2 is 1.82 bits per heavy atom. The van der Waals surface area contributed by atoms with E-state index in [1.54, 1.807) is 0 Å². The van der Waals surface area contributed by atoms with E-state index in [-0.39, 0.29) is 31.4 Å². The van der Waals surface area contributed by atoms with Crippen molar-refractivity contribution in [3.8, 4) is 11.5 Å². The molecule has 0 unspecified atom stereocenters. The van der Waals surface area contributed by atoms with Crippen molar-refractivity contribution >= 4 is 34.4 Å². The molecule has 6 rings (SSSR count). The van der Waals surface area contributed by atoms with Crippen LogP contribution >= 0.6 is 0 Å². The van der Waals surface area contributed by atoms with Crippen LogP contribution in [0.5, 0.6) is 11.5 Å². The predicted molar refractivity (Wildman–Crippen MR) is 145 cm³/mol. The lowest BCUT2D eigenvalue weighted by Crippen LogP contribution is -2.49. The number of pyridine rings is 1. The molecule has 2 aromatic carbocycles. The van der Waals surface area contributed by atoms with Crippen LogP contribution in [0.2, 0.25) is 0 Å². The number of nitrogens with zero attached hydrogens (tertiary/aromatic N) is 2. The zero-order valence-electron chi connectivity index (χ0n) is 21.9. The molecule has 1 fully saturated rings. The van der Waals surface area contributed by atoms with Gasteiger partial charge in [-0.3, -0.25) is 4.79 Å². The van der Waals surface area contributed by atoms with Crippen LogP contribution in [-0.4, -0.2) is 47.2 Å². The molecule has 1 saturated heterocycles. The van der Waals surface area contributed by atoms with Gasteiger partial charge in [0.05, 0.1) is 16.8 Å². The van der Waals surface area contributed by atoms with Gasteiger partial charge in [-0.1, -0.05) is 24.3 Å². The molecule has 7 heteroatoms. The predicted octanol–water partition coefficient (Wildman–Crippen LogP) is 5.79. The molecule has 196 valence electrons. The number of allylic oxidation sites excluding steroid dienone is 1. The number of fused-ring (bicyclic) bond motifs is 3. The van der Waals surface area contributed by atoms with E-state index in [0.717, 1.165) is 83.3 Å². The fourth-order valence-electron chi connectivity index (χ4n) is 6.10. The van der Waals surface area contributed by atoms with Gasteiger partial charge >= 0.3 is 5.97 Å². The number of amides is 1. The number of ether oxygens (including phenoxy) is 3. The molecular formula is C31H32N2O5. The number of aromatic nitrogens is 1. The molecule has 3 aromatic rings. The largest absolute Gasteiger partial charge is 0.454 e. The fourth-order valence-corrected chi connectivity index (χ4v) is 6.10. The van der Waals surface area contributed by atoms with Crippen molar-refractivity contribution in [3.63, 3.8) is 0 Å². The van der Waals surface area contributed by atoms with Gasteiger partial charge in [-0.2, -0.15) is 0 Å². The van der Waals surface area contributed by atoms with Crippen molar-refractivity contribution in [1.29, 1.82) is 0 Å². The fraction of sp³-hybridized carbons (Fsp3) is 0.387. The summed E-state index contributed by atoms with van der Waals surface area (Å²) in [6.45, 7) is 4.11. The molecule has 0 radical (unpaired) electrons. The Morgan fingerprint density at radius 1 is 1.03 bits per heavy atom. The van der Waals surface area contributed by atoms with Crippen molar-refractivity contribution in [2.24, 2.45) is 0 Å². The first-order valence-corrected chi connectivity index (χ1v) is 13.5. The summed E-state index contributed by atoms with van der Waals surface area (Å²) in [7, 11) is 0. The van der Waals surface area contributed by atoms with Crippen LogP contribution < -0.4 is 9.47 Å². The van der Waals surface area contributed by atoms with Gasteiger partial charge < -0.3 is 19.1 Å². The highest BCUT2D eigenvalue weighted by atomic mass is 16.7. The van der Waals surface area contributed by atoms with Crippen molar-refractivity contribution in [2.75, 3.05) is 13.4 Å². The van der Waals surface area contributed by atoms with Gasteiger partial charge in [0, 0.05) is 17.5 Å². The molecule has 38 heavy (non-hydrogen) atoms. The lowest BCUT2D eigenvalue weighted by Gasteiger charge is -2.38. The van der Waals surface area contributed by atoms with Crippen LogP contribution in [-0.2, 0) is 16.0 Å². The summed E-state index contributed by atoms with van der Waals surface area (Å²) < 4.78 is 16.7. The third-order valence-corrected chi connectivity index (χ3v) is 7.92. The SMILES string of the molecule is C[C@H]1CCC[C@H](C)N1C(=O)COC(=O)c1c2c(nc3ccccc13)/C(=C\c1ccc3c(c1)OCO3)CCC2. The monoisotopic (exact) mass is 512 g/mol. The Balaban J connectivity index is 1.33. The standard InChI is InChI=1S/C31H32N2O5/c1-19-7-5-8-20(2)33(19)28(34)17-36-31(35)29-23-10-3-4-12-25(23)32-30-22(9-6-11-24(29)30)15-21-13-14-26-27(16-21)38-18-37-26/h3-4,10,12-16,19-20H,5-9,11,17-18H2,1-2H3/b22-15-/t19-,20-/m0/s1. The highest BCUT2D eigenvalue weighted by Crippen LogP contribution is 2.38. The van der Waals surface area contributed by atoms with Gasteiger partial charge in [0.15, 0.2) is 18.1 Å². The minimum Gasteiger partial charge on any atom is -0.454 e. The Hall–Kier alpha value is -3.87. The van der Waals surface area contributed by atoms with Crippen LogP contribution in [0.25, 0.3) is 22.6 Å². The summed E-state index contributed by atoms with van der Waals surface area (Å²) >= 11 is 0. The van der Waals surface area contributed by atoms with E-state index in [9.17, 15) is 9.59 Å². The first kappa shape index (κ1) is 24.5. The average Bonchev–Trinajstić information content (AvgIpc) is 3.39. The lowest BCUT2D eigenvalue weighted by atomic mass is 9.86. The number of hydrogen-bond acceptors (Lipinski definition) is 6. The third-order valence-electron chi connectivity index (χ3n) is 7.92. The summed E-state index contributed by atoms with van der Waals surface area (Å²) in [6.07, 6.45) is 7.65. The van der Waals surface area contributed by atoms with E-state index in [4.69, 9.17) is 19.2 Å².